The van der Waals surface area contributed by atoms with Crippen molar-refractivity contribution >= 4 is 20.1 Å². The van der Waals surface area contributed by atoms with E-state index in [1.165, 1.54) is 53.7 Å². The van der Waals surface area contributed by atoms with E-state index in [-0.39, 0.29) is 19.6 Å². The smallest absolute Gasteiger partial charge is 0.460 e. The van der Waals surface area contributed by atoms with Gasteiger partial charge in [-0.25, -0.2) is 0 Å². The first-order chi connectivity index (χ1) is 23.0. The van der Waals surface area contributed by atoms with Crippen molar-refractivity contribution in [3.63, 3.8) is 0 Å². The molecule has 0 N–H and O–H groups in total. The minimum absolute atomic E-state index is 0.0332. The van der Waals surface area contributed by atoms with Crippen LogP contribution in [-0.4, -0.2) is 80.9 Å². The first kappa shape index (κ1) is 49.6. The summed E-state index contributed by atoms with van der Waals surface area (Å²) in [5.74, 6) is -58.7. The largest absolute Gasteiger partial charge is 0.466 e. The predicted molar refractivity (Wildman–Crippen MR) is 155 cm³/mol. The number of alkyl halides is 17. The zero-order valence-electron chi connectivity index (χ0n) is 28.8. The average Bonchev–Trinajstić information content (AvgIpc) is 2.97. The van der Waals surface area contributed by atoms with Gasteiger partial charge in [0.05, 0.1) is 6.61 Å². The maximum absolute atomic E-state index is 14.9. The quantitative estimate of drug-likeness (QED) is 0.0289. The number of carbonyl (C=O) groups is 2. The van der Waals surface area contributed by atoms with E-state index < -0.39 is 104 Å². The van der Waals surface area contributed by atoms with Gasteiger partial charge in [-0.2, -0.15) is 74.6 Å². The van der Waals surface area contributed by atoms with E-state index >= 15 is 0 Å². The van der Waals surface area contributed by atoms with Crippen LogP contribution in [0, 0.1) is 5.92 Å². The molecule has 0 aromatic rings. The molecule has 0 spiro atoms. The van der Waals surface area contributed by atoms with Crippen LogP contribution in [0.3, 0.4) is 0 Å². The molecule has 0 fully saturated rings. The van der Waals surface area contributed by atoms with Crippen molar-refractivity contribution in [2.24, 2.45) is 5.92 Å². The lowest BCUT2D eigenvalue weighted by molar-refractivity contribution is -0.461. The van der Waals surface area contributed by atoms with E-state index in [0.717, 1.165) is 6.08 Å². The molecule has 4 nitrogen and oxygen atoms in total. The number of ether oxygens (including phenoxy) is 1. The second-order valence-corrected chi connectivity index (χ2v) is 17.6. The second kappa shape index (κ2) is 17.0. The maximum Gasteiger partial charge on any atom is 0.460 e. The lowest BCUT2D eigenvalue weighted by Crippen LogP contribution is -2.74. The Bertz CT molecular complexity index is 1270. The maximum atomic E-state index is 14.9. The van der Waals surface area contributed by atoms with Crippen LogP contribution in [0.15, 0.2) is 23.8 Å². The molecule has 0 unspecified atom stereocenters. The third-order valence-corrected chi connectivity index (χ3v) is 14.0. The lowest BCUT2D eigenvalue weighted by atomic mass is 9.88. The van der Waals surface area contributed by atoms with Crippen molar-refractivity contribution in [1.29, 1.82) is 0 Å². The van der Waals surface area contributed by atoms with Crippen LogP contribution in [-0.2, 0) is 18.8 Å². The molecule has 0 saturated carbocycles. The molecular weight excluding hydrogens is 775 g/mol. The molecule has 0 saturated heterocycles. The van der Waals surface area contributed by atoms with Crippen molar-refractivity contribution < 1.29 is 93.4 Å². The first-order valence-corrected chi connectivity index (χ1v) is 17.7. The molecule has 22 heteroatoms. The van der Waals surface area contributed by atoms with Crippen LogP contribution < -0.4 is 0 Å². The van der Waals surface area contributed by atoms with Gasteiger partial charge in [-0.05, 0) is 49.4 Å². The average molecular weight is 815 g/mol. The Hall–Kier alpha value is -2.39. The summed E-state index contributed by atoms with van der Waals surface area (Å²) in [6.07, 6.45) is -6.77. The molecule has 0 amide bonds. The molecule has 52 heavy (non-hydrogen) atoms. The summed E-state index contributed by atoms with van der Waals surface area (Å²) in [6.45, 7) is 9.69. The fraction of sp³-hybridized carbons (Fsp3) is 0.800. The Balaban J connectivity index is 6.51. The summed E-state index contributed by atoms with van der Waals surface area (Å²) >= 11 is 0. The van der Waals surface area contributed by atoms with Gasteiger partial charge in [0, 0.05) is 13.0 Å². The second-order valence-electron chi connectivity index (χ2n) is 12.6. The third-order valence-electron chi connectivity index (χ3n) is 8.32. The Morgan fingerprint density at radius 3 is 1.46 bits per heavy atom. The number of halogens is 17. The minimum Gasteiger partial charge on any atom is -0.466 e. The van der Waals surface area contributed by atoms with Gasteiger partial charge in [-0.15, -0.1) is 0 Å². The summed E-state index contributed by atoms with van der Waals surface area (Å²) in [5.41, 5.74) is -1.26. The monoisotopic (exact) mass is 814 g/mol. The van der Waals surface area contributed by atoms with E-state index in [0.29, 0.717) is 5.57 Å². The van der Waals surface area contributed by atoms with Crippen molar-refractivity contribution in [2.75, 3.05) is 13.2 Å². The predicted octanol–water partition coefficient (Wildman–Crippen LogP) is 11.2. The fourth-order valence-electron chi connectivity index (χ4n) is 4.97. The zero-order valence-corrected chi connectivity index (χ0v) is 29.8. The van der Waals surface area contributed by atoms with Crippen molar-refractivity contribution in [3.05, 3.63) is 23.8 Å². The number of carbonyl (C=O) groups excluding carboxylic acids is 2. The van der Waals surface area contributed by atoms with E-state index in [4.69, 9.17) is 4.43 Å². The van der Waals surface area contributed by atoms with Crippen LogP contribution in [0.5, 0.6) is 0 Å². The molecule has 306 valence electrons. The topological polar surface area (TPSA) is 52.6 Å². The van der Waals surface area contributed by atoms with E-state index in [1.807, 2.05) is 0 Å². The van der Waals surface area contributed by atoms with Gasteiger partial charge in [0.15, 0.2) is 14.1 Å². The SMILES string of the molecule is CCOC(=O)CC(=O)/C=C/C(C)=C/[C@@H](CC)CO[Si](CCC(F)(F)C(F)(F)C(F)(F)C(F)(F)C(F)(F)C(F)(F)C(F)(F)C(F)(F)F)(C(C)C)C(C)C. The Kier molecular flexibility index (Phi) is 16.2. The Labute approximate surface area is 289 Å². The van der Waals surface area contributed by atoms with E-state index in [2.05, 4.69) is 4.74 Å². The van der Waals surface area contributed by atoms with E-state index in [9.17, 15) is 84.2 Å². The number of ketones is 1. The minimum atomic E-state index is -8.68. The van der Waals surface area contributed by atoms with Crippen LogP contribution in [0.25, 0.3) is 0 Å². The number of rotatable bonds is 21. The van der Waals surface area contributed by atoms with Gasteiger partial charge < -0.3 is 9.16 Å². The van der Waals surface area contributed by atoms with Gasteiger partial charge in [0.25, 0.3) is 0 Å². The highest BCUT2D eigenvalue weighted by molar-refractivity contribution is 6.76. The van der Waals surface area contributed by atoms with E-state index in [1.54, 1.807) is 6.92 Å². The zero-order chi connectivity index (χ0) is 41.7. The molecule has 0 aliphatic rings. The number of hydrogen-bond donors (Lipinski definition) is 0. The number of hydrogen-bond acceptors (Lipinski definition) is 4. The molecule has 0 aromatic heterocycles. The van der Waals surface area contributed by atoms with Gasteiger partial charge in [-0.1, -0.05) is 52.3 Å². The van der Waals surface area contributed by atoms with Crippen molar-refractivity contribution in [1.82, 2.24) is 0 Å². The fourth-order valence-corrected chi connectivity index (χ4v) is 9.49. The summed E-state index contributed by atoms with van der Waals surface area (Å²) in [5, 5.41) is 0. The van der Waals surface area contributed by atoms with Crippen LogP contribution in [0.1, 0.15) is 67.7 Å². The molecule has 0 rings (SSSR count). The highest BCUT2D eigenvalue weighted by atomic mass is 28.4. The number of allylic oxidation sites excluding steroid dienone is 3. The van der Waals surface area contributed by atoms with Gasteiger partial charge in [0.2, 0.25) is 0 Å². The van der Waals surface area contributed by atoms with Crippen LogP contribution in [0.2, 0.25) is 17.1 Å². The Morgan fingerprint density at radius 2 is 1.08 bits per heavy atom. The summed E-state index contributed by atoms with van der Waals surface area (Å²) < 4.78 is 245. The summed E-state index contributed by atoms with van der Waals surface area (Å²) in [7, 11) is -3.94. The molecule has 0 radical (unpaired) electrons. The Morgan fingerprint density at radius 1 is 0.654 bits per heavy atom. The summed E-state index contributed by atoms with van der Waals surface area (Å²) in [4.78, 5) is 23.4. The highest BCUT2D eigenvalue weighted by Crippen LogP contribution is 2.64. The molecule has 0 aliphatic heterocycles. The molecule has 0 bridgehead atoms. The number of esters is 1. The molecule has 1 atom stereocenters. The lowest BCUT2D eigenvalue weighted by Gasteiger charge is -2.44. The van der Waals surface area contributed by atoms with Crippen molar-refractivity contribution in [2.45, 2.75) is 132 Å². The van der Waals surface area contributed by atoms with Gasteiger partial charge in [-0.3, -0.25) is 9.59 Å². The van der Waals surface area contributed by atoms with Gasteiger partial charge >= 0.3 is 53.6 Å². The molecule has 0 aliphatic carbocycles. The van der Waals surface area contributed by atoms with Crippen LogP contribution in [0.4, 0.5) is 74.6 Å². The highest BCUT2D eigenvalue weighted by Gasteiger charge is 2.95. The van der Waals surface area contributed by atoms with Gasteiger partial charge in [0.1, 0.15) is 6.42 Å². The third kappa shape index (κ3) is 9.63. The standard InChI is InChI=1S/C30H39F17O4Si/c1-8-20(14-19(7)10-11-21(48)15-22(49)50-9-2)16-51-52(17(3)4,18(5)6)13-12-23(31,32)24(33,34)25(35,36)26(37,38)27(39,40)28(41,42)29(43,44)30(45,46)47/h10-11,14,17-18,20H,8-9,12-13,15-16H2,1-7H3/b11-10+,19-14+/t20-/m1/s1. The normalized spacial score (nSPS) is 15.9. The molecular formula is C30H39F17O4Si. The molecule has 0 aromatic carbocycles. The molecule has 0 heterocycles. The van der Waals surface area contributed by atoms with Crippen LogP contribution >= 0.6 is 0 Å². The summed E-state index contributed by atoms with van der Waals surface area (Å²) in [6, 6.07) is -1.29. The first-order valence-electron chi connectivity index (χ1n) is 15.4. The van der Waals surface area contributed by atoms with Crippen molar-refractivity contribution in [3.8, 4) is 0 Å².